The van der Waals surface area contributed by atoms with E-state index in [0.29, 0.717) is 11.3 Å². The van der Waals surface area contributed by atoms with E-state index in [1.54, 1.807) is 0 Å². The van der Waals surface area contributed by atoms with Crippen LogP contribution in [0, 0.1) is 0 Å². The molecule has 1 aromatic heterocycles. The minimum absolute atomic E-state index is 0.0154. The Hall–Kier alpha value is -0.650. The van der Waals surface area contributed by atoms with E-state index in [1.165, 1.54) is 0 Å². The summed E-state index contributed by atoms with van der Waals surface area (Å²) in [7, 11) is -4.23. The molecule has 2 N–H and O–H groups in total. The van der Waals surface area contributed by atoms with E-state index in [2.05, 4.69) is 15.9 Å². The third kappa shape index (κ3) is 4.72. The van der Waals surface area contributed by atoms with Gasteiger partial charge in [-0.1, -0.05) is 0 Å². The van der Waals surface area contributed by atoms with E-state index >= 15 is 0 Å². The van der Waals surface area contributed by atoms with Crippen molar-refractivity contribution in [2.24, 2.45) is 0 Å². The highest BCUT2D eigenvalue weighted by molar-refractivity contribution is 9.11. The lowest BCUT2D eigenvalue weighted by Gasteiger charge is -2.15. The van der Waals surface area contributed by atoms with Crippen molar-refractivity contribution in [2.45, 2.75) is 30.5 Å². The number of carbonyl (C=O) groups is 1. The summed E-state index contributed by atoms with van der Waals surface area (Å²) in [6.45, 7) is 1.07. The van der Waals surface area contributed by atoms with Crippen molar-refractivity contribution < 1.29 is 31.5 Å². The van der Waals surface area contributed by atoms with Gasteiger partial charge in [0.15, 0.2) is 0 Å². The normalized spacial score (nSPS) is 14.2. The summed E-state index contributed by atoms with van der Waals surface area (Å²) < 4.78 is 62.1. The number of carboxylic acids is 1. The van der Waals surface area contributed by atoms with Crippen molar-refractivity contribution in [3.05, 3.63) is 14.7 Å². The molecule has 0 aliphatic rings. The third-order valence-electron chi connectivity index (χ3n) is 2.05. The van der Waals surface area contributed by atoms with E-state index < -0.39 is 39.5 Å². The van der Waals surface area contributed by atoms with Crippen LogP contribution < -0.4 is 4.72 Å². The Morgan fingerprint density at radius 2 is 2.10 bits per heavy atom. The van der Waals surface area contributed by atoms with E-state index in [0.717, 1.165) is 13.0 Å². The molecule has 0 saturated heterocycles. The maximum atomic E-state index is 12.2. The largest absolute Gasteiger partial charge is 0.477 e. The number of halogens is 4. The van der Waals surface area contributed by atoms with Gasteiger partial charge in [0.1, 0.15) is 9.77 Å². The number of sulfonamides is 1. The van der Waals surface area contributed by atoms with Crippen LogP contribution in [0.5, 0.6) is 0 Å². The Labute approximate surface area is 125 Å². The SMILES string of the molecule is CC(CC(F)(F)F)NS(=O)(=O)c1cc(C(=O)O)sc1Br. The summed E-state index contributed by atoms with van der Waals surface area (Å²) in [5.74, 6) is -1.32. The molecule has 11 heteroatoms. The lowest BCUT2D eigenvalue weighted by molar-refractivity contribution is -0.137. The second-order valence-electron chi connectivity index (χ2n) is 3.90. The standard InChI is InChI=1S/C9H9BrF3NO4S2/c1-4(3-9(11,12)13)14-20(17,18)6-2-5(8(15)16)19-7(6)10/h2,4,14H,3H2,1H3,(H,15,16). The van der Waals surface area contributed by atoms with Gasteiger partial charge in [-0.15, -0.1) is 11.3 Å². The highest BCUT2D eigenvalue weighted by Gasteiger charge is 2.33. The van der Waals surface area contributed by atoms with Crippen LogP contribution >= 0.6 is 27.3 Å². The molecule has 0 bridgehead atoms. The van der Waals surface area contributed by atoms with Gasteiger partial charge in [-0.05, 0) is 28.9 Å². The number of nitrogens with one attached hydrogen (secondary N) is 1. The fourth-order valence-corrected chi connectivity index (χ4v) is 5.00. The molecule has 1 atom stereocenters. The van der Waals surface area contributed by atoms with Gasteiger partial charge in [-0.3, -0.25) is 0 Å². The Kier molecular flexibility index (Phi) is 5.22. The number of hydrogen-bond donors (Lipinski definition) is 2. The van der Waals surface area contributed by atoms with Crippen LogP contribution in [0.4, 0.5) is 13.2 Å². The van der Waals surface area contributed by atoms with E-state index in [9.17, 15) is 26.4 Å². The smallest absolute Gasteiger partial charge is 0.390 e. The molecule has 114 valence electrons. The van der Waals surface area contributed by atoms with Crippen LogP contribution in [0.15, 0.2) is 14.7 Å². The topological polar surface area (TPSA) is 83.5 Å². The van der Waals surface area contributed by atoms with E-state index in [1.807, 2.05) is 4.72 Å². The second-order valence-corrected chi connectivity index (χ2v) is 7.95. The average Bonchev–Trinajstić information content (AvgIpc) is 2.56. The predicted molar refractivity (Wildman–Crippen MR) is 69.4 cm³/mol. The number of carboxylic acid groups (broad SMARTS) is 1. The van der Waals surface area contributed by atoms with Crippen LogP contribution in [0.2, 0.25) is 0 Å². The highest BCUT2D eigenvalue weighted by atomic mass is 79.9. The lowest BCUT2D eigenvalue weighted by Crippen LogP contribution is -2.35. The fourth-order valence-electron chi connectivity index (χ4n) is 1.36. The monoisotopic (exact) mass is 395 g/mol. The van der Waals surface area contributed by atoms with Crippen molar-refractivity contribution in [2.75, 3.05) is 0 Å². The van der Waals surface area contributed by atoms with Gasteiger partial charge in [-0.25, -0.2) is 17.9 Å². The molecule has 0 radical (unpaired) electrons. The summed E-state index contributed by atoms with van der Waals surface area (Å²) in [6.07, 6.45) is -5.82. The number of hydrogen-bond acceptors (Lipinski definition) is 4. The molecular weight excluding hydrogens is 387 g/mol. The number of aromatic carboxylic acids is 1. The molecule has 1 unspecified atom stereocenters. The Morgan fingerprint density at radius 3 is 2.50 bits per heavy atom. The zero-order valence-electron chi connectivity index (χ0n) is 9.86. The van der Waals surface area contributed by atoms with Crippen LogP contribution in [-0.4, -0.2) is 31.7 Å². The van der Waals surface area contributed by atoms with Gasteiger partial charge in [0.05, 0.1) is 10.2 Å². The van der Waals surface area contributed by atoms with Crippen molar-refractivity contribution in [3.8, 4) is 0 Å². The molecule has 0 aliphatic heterocycles. The van der Waals surface area contributed by atoms with Gasteiger partial charge in [0, 0.05) is 6.04 Å². The molecule has 0 amide bonds. The van der Waals surface area contributed by atoms with Crippen molar-refractivity contribution in [1.82, 2.24) is 4.72 Å². The summed E-state index contributed by atoms with van der Waals surface area (Å²) in [5.41, 5.74) is 0. The predicted octanol–water partition coefficient (Wildman–Crippen LogP) is 2.83. The zero-order valence-corrected chi connectivity index (χ0v) is 13.1. The fraction of sp³-hybridized carbons (Fsp3) is 0.444. The van der Waals surface area contributed by atoms with Gasteiger partial charge in [0.2, 0.25) is 10.0 Å². The minimum atomic E-state index is -4.50. The lowest BCUT2D eigenvalue weighted by atomic mass is 10.2. The molecule has 0 fully saturated rings. The molecule has 0 aromatic carbocycles. The molecule has 5 nitrogen and oxygen atoms in total. The second kappa shape index (κ2) is 6.00. The van der Waals surface area contributed by atoms with Crippen LogP contribution in [-0.2, 0) is 10.0 Å². The zero-order chi connectivity index (χ0) is 15.7. The molecule has 0 saturated carbocycles. The van der Waals surface area contributed by atoms with E-state index in [-0.39, 0.29) is 8.66 Å². The number of alkyl halides is 3. The average molecular weight is 396 g/mol. The van der Waals surface area contributed by atoms with Crippen molar-refractivity contribution >= 4 is 43.3 Å². The maximum Gasteiger partial charge on any atom is 0.390 e. The highest BCUT2D eigenvalue weighted by Crippen LogP contribution is 2.32. The summed E-state index contributed by atoms with van der Waals surface area (Å²) >= 11 is 3.55. The number of rotatable bonds is 5. The summed E-state index contributed by atoms with van der Waals surface area (Å²) in [4.78, 5) is 10.1. The first kappa shape index (κ1) is 17.4. The van der Waals surface area contributed by atoms with Gasteiger partial charge in [-0.2, -0.15) is 13.2 Å². The first-order valence-corrected chi connectivity index (χ1v) is 8.13. The van der Waals surface area contributed by atoms with Gasteiger partial charge in [0.25, 0.3) is 0 Å². The first-order valence-electron chi connectivity index (χ1n) is 5.04. The molecule has 1 heterocycles. The number of thiophene rings is 1. The Bertz CT molecular complexity index is 611. The van der Waals surface area contributed by atoms with Crippen molar-refractivity contribution in [1.29, 1.82) is 0 Å². The Morgan fingerprint density at radius 1 is 1.55 bits per heavy atom. The van der Waals surface area contributed by atoms with E-state index in [4.69, 9.17) is 5.11 Å². The summed E-state index contributed by atoms with van der Waals surface area (Å²) in [5, 5.41) is 8.75. The third-order valence-corrected chi connectivity index (χ3v) is 5.88. The van der Waals surface area contributed by atoms with Gasteiger partial charge < -0.3 is 5.11 Å². The quantitative estimate of drug-likeness (QED) is 0.802. The molecule has 0 spiro atoms. The minimum Gasteiger partial charge on any atom is -0.477 e. The first-order chi connectivity index (χ1) is 8.92. The molecule has 1 aromatic rings. The van der Waals surface area contributed by atoms with Gasteiger partial charge >= 0.3 is 12.1 Å². The molecule has 20 heavy (non-hydrogen) atoms. The summed E-state index contributed by atoms with van der Waals surface area (Å²) in [6, 6.07) is -0.472. The maximum absolute atomic E-state index is 12.2. The van der Waals surface area contributed by atoms with Crippen LogP contribution in [0.1, 0.15) is 23.0 Å². The molecular formula is C9H9BrF3NO4S2. The molecule has 0 aliphatic carbocycles. The molecule has 1 rings (SSSR count). The Balaban J connectivity index is 2.97. The van der Waals surface area contributed by atoms with Crippen molar-refractivity contribution in [3.63, 3.8) is 0 Å². The van der Waals surface area contributed by atoms with Crippen LogP contribution in [0.3, 0.4) is 0 Å². The van der Waals surface area contributed by atoms with Crippen LogP contribution in [0.25, 0.3) is 0 Å².